The Morgan fingerprint density at radius 3 is 2.18 bits per heavy atom. The summed E-state index contributed by atoms with van der Waals surface area (Å²) in [4.78, 5) is 46.6. The number of benzene rings is 1. The molecule has 1 aliphatic rings. The summed E-state index contributed by atoms with van der Waals surface area (Å²) < 4.78 is 5.09. The smallest absolute Gasteiger partial charge is 0.289 e. The number of piperidine rings is 1. The van der Waals surface area contributed by atoms with Gasteiger partial charge < -0.3 is 14.6 Å². The summed E-state index contributed by atoms with van der Waals surface area (Å²) in [6, 6.07) is 5.74. The first-order chi connectivity index (χ1) is 13.3. The highest BCUT2D eigenvalue weighted by Gasteiger charge is 2.27. The van der Waals surface area contributed by atoms with E-state index in [0.29, 0.717) is 25.9 Å². The second kappa shape index (κ2) is 7.86. The molecule has 0 radical (unpaired) electrons. The van der Waals surface area contributed by atoms with Crippen molar-refractivity contribution in [2.45, 2.75) is 18.9 Å². The fraction of sp³-hybridized carbons (Fsp3) is 0.294. The number of nitrogens with one attached hydrogen (secondary N) is 1. The monoisotopic (exact) mass is 388 g/mol. The molecule has 1 N–H and O–H groups in total. The van der Waals surface area contributed by atoms with E-state index in [1.807, 2.05) is 0 Å². The van der Waals surface area contributed by atoms with E-state index in [1.165, 1.54) is 6.26 Å². The molecule has 1 saturated heterocycles. The third-order valence-electron chi connectivity index (χ3n) is 4.44. The van der Waals surface area contributed by atoms with E-state index in [-0.39, 0.29) is 23.3 Å². The van der Waals surface area contributed by atoms with E-state index in [9.17, 15) is 29.8 Å². The zero-order chi connectivity index (χ0) is 20.3. The van der Waals surface area contributed by atoms with Crippen LogP contribution >= 0.6 is 0 Å². The lowest BCUT2D eigenvalue weighted by atomic mass is 10.0. The van der Waals surface area contributed by atoms with Crippen LogP contribution in [0.5, 0.6) is 0 Å². The van der Waals surface area contributed by atoms with Gasteiger partial charge in [0.2, 0.25) is 0 Å². The van der Waals surface area contributed by atoms with Crippen LogP contribution in [0.3, 0.4) is 0 Å². The van der Waals surface area contributed by atoms with Crippen molar-refractivity contribution in [1.82, 2.24) is 10.2 Å². The second-order valence-corrected chi connectivity index (χ2v) is 6.27. The Morgan fingerprint density at radius 1 is 1.07 bits per heavy atom. The third-order valence-corrected chi connectivity index (χ3v) is 4.44. The van der Waals surface area contributed by atoms with Gasteiger partial charge in [0.25, 0.3) is 23.2 Å². The number of hydrogen-bond donors (Lipinski definition) is 1. The van der Waals surface area contributed by atoms with Crippen molar-refractivity contribution in [3.8, 4) is 0 Å². The van der Waals surface area contributed by atoms with Gasteiger partial charge in [-0.2, -0.15) is 0 Å². The molecule has 0 aliphatic carbocycles. The van der Waals surface area contributed by atoms with Crippen molar-refractivity contribution in [3.63, 3.8) is 0 Å². The van der Waals surface area contributed by atoms with Crippen molar-refractivity contribution < 1.29 is 23.9 Å². The zero-order valence-corrected chi connectivity index (χ0v) is 14.6. The number of rotatable bonds is 5. The predicted molar refractivity (Wildman–Crippen MR) is 94.9 cm³/mol. The number of nitro benzene ring substituents is 2. The van der Waals surface area contributed by atoms with Gasteiger partial charge in [-0.15, -0.1) is 0 Å². The molecule has 11 nitrogen and oxygen atoms in total. The van der Waals surface area contributed by atoms with E-state index in [0.717, 1.165) is 18.2 Å². The summed E-state index contributed by atoms with van der Waals surface area (Å²) in [5.74, 6) is -0.627. The molecule has 0 atom stereocenters. The van der Waals surface area contributed by atoms with Gasteiger partial charge in [-0.1, -0.05) is 0 Å². The Kier molecular flexibility index (Phi) is 5.34. The van der Waals surface area contributed by atoms with Gasteiger partial charge in [-0.3, -0.25) is 29.8 Å². The van der Waals surface area contributed by atoms with Crippen molar-refractivity contribution >= 4 is 23.2 Å². The highest BCUT2D eigenvalue weighted by Crippen LogP contribution is 2.23. The number of non-ortho nitro benzene ring substituents is 2. The molecule has 1 aliphatic heterocycles. The molecule has 0 saturated carbocycles. The first-order valence-electron chi connectivity index (χ1n) is 8.42. The van der Waals surface area contributed by atoms with E-state index in [4.69, 9.17) is 4.42 Å². The molecular formula is C17H16N4O7. The Hall–Kier alpha value is -3.76. The molecule has 0 spiro atoms. The van der Waals surface area contributed by atoms with E-state index >= 15 is 0 Å². The van der Waals surface area contributed by atoms with Gasteiger partial charge in [-0.25, -0.2) is 0 Å². The average Bonchev–Trinajstić information content (AvgIpc) is 3.22. The number of hydrogen-bond acceptors (Lipinski definition) is 7. The van der Waals surface area contributed by atoms with Gasteiger partial charge in [-0.05, 0) is 25.0 Å². The lowest BCUT2D eigenvalue weighted by Gasteiger charge is -2.31. The lowest BCUT2D eigenvalue weighted by molar-refractivity contribution is -0.394. The van der Waals surface area contributed by atoms with Crippen LogP contribution in [0, 0.1) is 20.2 Å². The summed E-state index contributed by atoms with van der Waals surface area (Å²) in [7, 11) is 0. The SMILES string of the molecule is O=C(NC1CCN(C(=O)c2ccco2)CC1)c1cc([N+](=O)[O-])cc([N+](=O)[O-])c1. The molecule has 3 rings (SSSR count). The van der Waals surface area contributed by atoms with E-state index in [2.05, 4.69) is 5.32 Å². The fourth-order valence-corrected chi connectivity index (χ4v) is 2.99. The van der Waals surface area contributed by atoms with Gasteiger partial charge in [0.15, 0.2) is 5.76 Å². The summed E-state index contributed by atoms with van der Waals surface area (Å²) in [6.45, 7) is 0.805. The van der Waals surface area contributed by atoms with Crippen LogP contribution < -0.4 is 5.32 Å². The first kappa shape index (κ1) is 19.0. The Morgan fingerprint density at radius 2 is 1.68 bits per heavy atom. The van der Waals surface area contributed by atoms with Crippen LogP contribution in [0.4, 0.5) is 11.4 Å². The highest BCUT2D eigenvalue weighted by molar-refractivity contribution is 5.96. The number of likely N-dealkylation sites (tertiary alicyclic amines) is 1. The minimum atomic E-state index is -0.789. The van der Waals surface area contributed by atoms with Crippen LogP contribution in [-0.2, 0) is 0 Å². The van der Waals surface area contributed by atoms with Gasteiger partial charge in [0, 0.05) is 31.3 Å². The quantitative estimate of drug-likeness (QED) is 0.609. The summed E-state index contributed by atoms with van der Waals surface area (Å²) in [5, 5.41) is 24.6. The van der Waals surface area contributed by atoms with E-state index < -0.39 is 27.1 Å². The van der Waals surface area contributed by atoms with Crippen LogP contribution in [0.2, 0.25) is 0 Å². The summed E-state index contributed by atoms with van der Waals surface area (Å²) in [5.41, 5.74) is -1.22. The molecule has 2 heterocycles. The molecule has 2 amide bonds. The Bertz CT molecular complexity index is 885. The molecule has 0 unspecified atom stereocenters. The van der Waals surface area contributed by atoms with Crippen LogP contribution in [0.1, 0.15) is 33.8 Å². The van der Waals surface area contributed by atoms with Crippen molar-refractivity contribution in [2.75, 3.05) is 13.1 Å². The first-order valence-corrected chi connectivity index (χ1v) is 8.42. The van der Waals surface area contributed by atoms with Crippen LogP contribution in [0.15, 0.2) is 41.0 Å². The lowest BCUT2D eigenvalue weighted by Crippen LogP contribution is -2.46. The summed E-state index contributed by atoms with van der Waals surface area (Å²) >= 11 is 0. The molecule has 11 heteroatoms. The average molecular weight is 388 g/mol. The molecule has 1 aromatic heterocycles. The minimum Gasteiger partial charge on any atom is -0.459 e. The number of nitro groups is 2. The van der Waals surface area contributed by atoms with Crippen LogP contribution in [0.25, 0.3) is 0 Å². The van der Waals surface area contributed by atoms with E-state index in [1.54, 1.807) is 17.0 Å². The molecular weight excluding hydrogens is 372 g/mol. The number of carbonyl (C=O) groups is 2. The third kappa shape index (κ3) is 4.14. The van der Waals surface area contributed by atoms with Crippen molar-refractivity contribution in [3.05, 3.63) is 68.1 Å². The Balaban J connectivity index is 1.64. The number of carbonyl (C=O) groups excluding carboxylic acids is 2. The number of nitrogens with zero attached hydrogens (tertiary/aromatic N) is 3. The standard InChI is InChI=1S/C17H16N4O7/c22-16(11-8-13(20(24)25)10-14(9-11)21(26)27)18-12-3-5-19(6-4-12)17(23)15-2-1-7-28-15/h1-2,7-10,12H,3-6H2,(H,18,22). The highest BCUT2D eigenvalue weighted by atomic mass is 16.6. The van der Waals surface area contributed by atoms with Gasteiger partial charge >= 0.3 is 0 Å². The molecule has 0 bridgehead atoms. The van der Waals surface area contributed by atoms with Gasteiger partial charge in [0.05, 0.1) is 27.7 Å². The van der Waals surface area contributed by atoms with Crippen molar-refractivity contribution in [2.24, 2.45) is 0 Å². The largest absolute Gasteiger partial charge is 0.459 e. The second-order valence-electron chi connectivity index (χ2n) is 6.27. The fourth-order valence-electron chi connectivity index (χ4n) is 2.99. The number of amides is 2. The maximum Gasteiger partial charge on any atom is 0.289 e. The predicted octanol–water partition coefficient (Wildman–Crippen LogP) is 2.13. The van der Waals surface area contributed by atoms with Crippen molar-refractivity contribution in [1.29, 1.82) is 0 Å². The maximum absolute atomic E-state index is 12.4. The molecule has 2 aromatic rings. The zero-order valence-electron chi connectivity index (χ0n) is 14.6. The van der Waals surface area contributed by atoms with Gasteiger partial charge in [0.1, 0.15) is 0 Å². The van der Waals surface area contributed by atoms with Crippen LogP contribution in [-0.4, -0.2) is 45.7 Å². The summed E-state index contributed by atoms with van der Waals surface area (Å²) in [6.07, 6.45) is 2.38. The molecule has 1 fully saturated rings. The molecule has 1 aromatic carbocycles. The topological polar surface area (TPSA) is 149 Å². The Labute approximate surface area is 158 Å². The molecule has 146 valence electrons. The number of furan rings is 1. The normalized spacial score (nSPS) is 14.5. The maximum atomic E-state index is 12.4. The minimum absolute atomic E-state index is 0.157. The molecule has 28 heavy (non-hydrogen) atoms.